The predicted molar refractivity (Wildman–Crippen MR) is 96.9 cm³/mol. The monoisotopic (exact) mass is 448 g/mol. The molecule has 0 aromatic carbocycles. The van der Waals surface area contributed by atoms with Gasteiger partial charge >= 0.3 is 6.18 Å². The molecule has 3 aromatic rings. The van der Waals surface area contributed by atoms with E-state index >= 15 is 0 Å². The van der Waals surface area contributed by atoms with Crippen molar-refractivity contribution in [3.8, 4) is 0 Å². The van der Waals surface area contributed by atoms with Gasteiger partial charge in [0.2, 0.25) is 10.0 Å². The molecule has 4 rings (SSSR count). The molecule has 3 aromatic heterocycles. The molecule has 4 heterocycles. The SMILES string of the molecule is Cn1ncc(S(=O)(=O)N2CCC(c3cn4ncnc4cc3C(F)(F)F)CC2)c1Cl. The number of aromatic nitrogens is 5. The Morgan fingerprint density at radius 1 is 1.21 bits per heavy atom. The summed E-state index contributed by atoms with van der Waals surface area (Å²) < 4.78 is 70.1. The van der Waals surface area contributed by atoms with Crippen LogP contribution in [0.15, 0.2) is 29.7 Å². The minimum atomic E-state index is -4.55. The number of halogens is 4. The Labute approximate surface area is 168 Å². The highest BCUT2D eigenvalue weighted by Gasteiger charge is 2.39. The molecule has 0 aliphatic carbocycles. The first-order valence-electron chi connectivity index (χ1n) is 8.67. The lowest BCUT2D eigenvalue weighted by Crippen LogP contribution is -2.38. The van der Waals surface area contributed by atoms with E-state index in [-0.39, 0.29) is 47.2 Å². The third kappa shape index (κ3) is 3.49. The number of piperidine rings is 1. The summed E-state index contributed by atoms with van der Waals surface area (Å²) in [7, 11) is -2.35. The molecule has 0 saturated carbocycles. The molecule has 1 aliphatic rings. The van der Waals surface area contributed by atoms with Gasteiger partial charge in [-0.2, -0.15) is 27.7 Å². The third-order valence-electron chi connectivity index (χ3n) is 5.10. The van der Waals surface area contributed by atoms with Gasteiger partial charge in [-0.1, -0.05) is 11.6 Å². The Bertz CT molecular complexity index is 1170. The van der Waals surface area contributed by atoms with Crippen LogP contribution < -0.4 is 0 Å². The van der Waals surface area contributed by atoms with E-state index in [1.165, 1.54) is 39.3 Å². The zero-order chi connectivity index (χ0) is 21.0. The quantitative estimate of drug-likeness (QED) is 0.615. The lowest BCUT2D eigenvalue weighted by atomic mass is 9.88. The summed E-state index contributed by atoms with van der Waals surface area (Å²) in [5, 5.41) is 7.74. The Morgan fingerprint density at radius 3 is 2.48 bits per heavy atom. The fraction of sp³-hybridized carbons (Fsp3) is 0.438. The van der Waals surface area contributed by atoms with E-state index in [1.807, 2.05) is 0 Å². The second-order valence-electron chi connectivity index (χ2n) is 6.80. The summed E-state index contributed by atoms with van der Waals surface area (Å²) in [6, 6.07) is 0.973. The molecule has 8 nitrogen and oxygen atoms in total. The van der Waals surface area contributed by atoms with Crippen LogP contribution in [0.1, 0.15) is 29.9 Å². The van der Waals surface area contributed by atoms with Crippen molar-refractivity contribution in [1.29, 1.82) is 0 Å². The fourth-order valence-corrected chi connectivity index (χ4v) is 5.45. The van der Waals surface area contributed by atoms with Crippen molar-refractivity contribution in [2.75, 3.05) is 13.1 Å². The number of fused-ring (bicyclic) bond motifs is 1. The second-order valence-corrected chi connectivity index (χ2v) is 9.07. The van der Waals surface area contributed by atoms with Crippen LogP contribution in [0.4, 0.5) is 13.2 Å². The maximum Gasteiger partial charge on any atom is 0.416 e. The van der Waals surface area contributed by atoms with E-state index in [4.69, 9.17) is 11.6 Å². The maximum atomic E-state index is 13.6. The zero-order valence-electron chi connectivity index (χ0n) is 15.1. The van der Waals surface area contributed by atoms with Gasteiger partial charge in [0, 0.05) is 26.3 Å². The normalized spacial score (nSPS) is 17.3. The molecular weight excluding hydrogens is 433 g/mol. The summed E-state index contributed by atoms with van der Waals surface area (Å²) in [4.78, 5) is 3.70. The first-order chi connectivity index (χ1) is 13.6. The summed E-state index contributed by atoms with van der Waals surface area (Å²) in [5.74, 6) is -0.462. The largest absolute Gasteiger partial charge is 0.416 e. The molecule has 0 radical (unpaired) electrons. The van der Waals surface area contributed by atoms with Gasteiger partial charge in [-0.05, 0) is 30.4 Å². The van der Waals surface area contributed by atoms with Crippen LogP contribution in [0.25, 0.3) is 5.65 Å². The lowest BCUT2D eigenvalue weighted by Gasteiger charge is -2.32. The number of rotatable bonds is 3. The number of sulfonamides is 1. The van der Waals surface area contributed by atoms with Crippen molar-refractivity contribution < 1.29 is 21.6 Å². The molecular formula is C16H16ClF3N6O2S. The van der Waals surface area contributed by atoms with Crippen LogP contribution in [-0.4, -0.2) is 50.2 Å². The van der Waals surface area contributed by atoms with Crippen molar-refractivity contribution in [1.82, 2.24) is 28.7 Å². The van der Waals surface area contributed by atoms with E-state index in [9.17, 15) is 21.6 Å². The second kappa shape index (κ2) is 6.96. The molecule has 1 saturated heterocycles. The summed E-state index contributed by atoms with van der Waals surface area (Å²) in [5.41, 5.74) is -0.575. The van der Waals surface area contributed by atoms with Gasteiger partial charge in [0.25, 0.3) is 0 Å². The van der Waals surface area contributed by atoms with Gasteiger partial charge in [0.1, 0.15) is 16.4 Å². The average Bonchev–Trinajstić information content (AvgIpc) is 3.26. The van der Waals surface area contributed by atoms with E-state index < -0.39 is 27.7 Å². The smallest absolute Gasteiger partial charge is 0.256 e. The third-order valence-corrected chi connectivity index (χ3v) is 7.56. The minimum absolute atomic E-state index is 0.0110. The van der Waals surface area contributed by atoms with E-state index in [1.54, 1.807) is 0 Å². The number of hydrogen-bond acceptors (Lipinski definition) is 5. The summed E-state index contributed by atoms with van der Waals surface area (Å²) in [6.45, 7) is 0.149. The summed E-state index contributed by atoms with van der Waals surface area (Å²) >= 11 is 6.01. The van der Waals surface area contributed by atoms with Gasteiger partial charge in [-0.3, -0.25) is 4.68 Å². The number of hydrogen-bond donors (Lipinski definition) is 0. The fourth-order valence-electron chi connectivity index (χ4n) is 3.57. The standard InChI is InChI=1S/C16H16ClF3N6O2S/c1-24-15(17)13(7-22-24)29(27,28)25-4-2-10(3-5-25)11-8-26-14(21-9-23-26)6-12(11)16(18,19)20/h6-10H,2-5H2,1H3. The average molecular weight is 449 g/mol. The number of nitrogens with zero attached hydrogens (tertiary/aromatic N) is 6. The molecule has 0 atom stereocenters. The Balaban J connectivity index is 1.61. The first-order valence-corrected chi connectivity index (χ1v) is 10.5. The highest BCUT2D eigenvalue weighted by atomic mass is 35.5. The molecule has 0 unspecified atom stereocenters. The molecule has 29 heavy (non-hydrogen) atoms. The van der Waals surface area contributed by atoms with Crippen molar-refractivity contribution >= 4 is 27.3 Å². The van der Waals surface area contributed by atoms with Crippen molar-refractivity contribution in [3.63, 3.8) is 0 Å². The van der Waals surface area contributed by atoms with Crippen molar-refractivity contribution in [2.45, 2.75) is 29.8 Å². The first kappa shape index (κ1) is 20.1. The van der Waals surface area contributed by atoms with Crippen molar-refractivity contribution in [3.05, 3.63) is 41.1 Å². The van der Waals surface area contributed by atoms with Crippen LogP contribution in [0, 0.1) is 0 Å². The molecule has 156 valence electrons. The van der Waals surface area contributed by atoms with Crippen molar-refractivity contribution in [2.24, 2.45) is 7.05 Å². The van der Waals surface area contributed by atoms with Gasteiger partial charge in [0.15, 0.2) is 5.65 Å². The summed E-state index contributed by atoms with van der Waals surface area (Å²) in [6.07, 6.45) is -0.384. The van der Waals surface area contributed by atoms with Gasteiger partial charge in [-0.25, -0.2) is 17.9 Å². The highest BCUT2D eigenvalue weighted by Crippen LogP contribution is 2.40. The van der Waals surface area contributed by atoms with Gasteiger partial charge < -0.3 is 0 Å². The maximum absolute atomic E-state index is 13.6. The molecule has 0 amide bonds. The molecule has 1 aliphatic heterocycles. The van der Waals surface area contributed by atoms with Gasteiger partial charge in [0.05, 0.1) is 11.8 Å². The minimum Gasteiger partial charge on any atom is -0.256 e. The van der Waals surface area contributed by atoms with Crippen LogP contribution in [0.3, 0.4) is 0 Å². The lowest BCUT2D eigenvalue weighted by molar-refractivity contribution is -0.138. The molecule has 0 bridgehead atoms. The molecule has 0 N–H and O–H groups in total. The van der Waals surface area contributed by atoms with Crippen LogP contribution in [0.5, 0.6) is 0 Å². The molecule has 13 heteroatoms. The number of aryl methyl sites for hydroxylation is 1. The van der Waals surface area contributed by atoms with E-state index in [2.05, 4.69) is 15.2 Å². The van der Waals surface area contributed by atoms with E-state index in [0.717, 1.165) is 6.07 Å². The van der Waals surface area contributed by atoms with E-state index in [0.29, 0.717) is 0 Å². The van der Waals surface area contributed by atoms with Crippen LogP contribution in [-0.2, 0) is 23.2 Å². The molecule has 1 fully saturated rings. The van der Waals surface area contributed by atoms with Crippen LogP contribution in [0.2, 0.25) is 5.15 Å². The highest BCUT2D eigenvalue weighted by molar-refractivity contribution is 7.89. The Hall–Kier alpha value is -2.18. The zero-order valence-corrected chi connectivity index (χ0v) is 16.7. The van der Waals surface area contributed by atoms with Crippen LogP contribution >= 0.6 is 11.6 Å². The van der Waals surface area contributed by atoms with Gasteiger partial charge in [-0.15, -0.1) is 0 Å². The Morgan fingerprint density at radius 2 is 1.90 bits per heavy atom. The Kier molecular flexibility index (Phi) is 4.82. The molecule has 0 spiro atoms. The topological polar surface area (TPSA) is 85.4 Å². The predicted octanol–water partition coefficient (Wildman–Crippen LogP) is 2.70. The number of pyridine rings is 1. The number of alkyl halides is 3.